The Hall–Kier alpha value is -3.64. The van der Waals surface area contributed by atoms with E-state index in [9.17, 15) is 19.4 Å². The van der Waals surface area contributed by atoms with E-state index in [0.717, 1.165) is 23.3 Å². The molecule has 4 aromatic rings. The molecule has 33 heavy (non-hydrogen) atoms. The highest BCUT2D eigenvalue weighted by atomic mass is 19.1. The lowest BCUT2D eigenvalue weighted by Gasteiger charge is -2.23. The number of halogens is 1. The van der Waals surface area contributed by atoms with Crippen LogP contribution in [0.4, 0.5) is 4.39 Å². The highest BCUT2D eigenvalue weighted by Gasteiger charge is 2.32. The Bertz CT molecular complexity index is 1340. The van der Waals surface area contributed by atoms with Crippen LogP contribution in [0.5, 0.6) is 5.75 Å². The predicted molar refractivity (Wildman–Crippen MR) is 125 cm³/mol. The molecule has 0 aliphatic carbocycles. The van der Waals surface area contributed by atoms with Gasteiger partial charge in [-0.05, 0) is 60.4 Å². The number of fused-ring (bicyclic) bond motifs is 1. The smallest absolute Gasteiger partial charge is 0.336 e. The van der Waals surface area contributed by atoms with E-state index in [2.05, 4.69) is 6.92 Å². The lowest BCUT2D eigenvalue weighted by atomic mass is 9.85. The second kappa shape index (κ2) is 8.37. The van der Waals surface area contributed by atoms with Crippen molar-refractivity contribution in [2.24, 2.45) is 5.92 Å². The molecule has 1 saturated heterocycles. The summed E-state index contributed by atoms with van der Waals surface area (Å²) >= 11 is 0. The maximum atomic E-state index is 13.8. The molecule has 0 bridgehead atoms. The summed E-state index contributed by atoms with van der Waals surface area (Å²) in [6.45, 7) is 3.40. The number of aromatic hydroxyl groups is 1. The summed E-state index contributed by atoms with van der Waals surface area (Å²) in [5.41, 5.74) is 3.74. The molecule has 1 fully saturated rings. The van der Waals surface area contributed by atoms with E-state index >= 15 is 0 Å². The van der Waals surface area contributed by atoms with Crippen molar-refractivity contribution in [1.29, 1.82) is 0 Å². The molecule has 1 aromatic heterocycles. The van der Waals surface area contributed by atoms with Gasteiger partial charge in [-0.15, -0.1) is 0 Å². The van der Waals surface area contributed by atoms with Crippen LogP contribution < -0.4 is 0 Å². The first-order chi connectivity index (χ1) is 16.0. The van der Waals surface area contributed by atoms with Crippen molar-refractivity contribution in [3.63, 3.8) is 0 Å². The monoisotopic (exact) mass is 445 g/mol. The maximum Gasteiger partial charge on any atom is 0.336 e. The second-order valence-electron chi connectivity index (χ2n) is 8.51. The zero-order chi connectivity index (χ0) is 23.1. The maximum absolute atomic E-state index is 13.8. The van der Waals surface area contributed by atoms with Crippen molar-refractivity contribution < 1.29 is 24.1 Å². The SMILES string of the molecule is CC(c1c(-c2ccccc2C(=O)O)c2c(O)cccc2n1-c1ccc(F)cc1)C1CCOC1. The van der Waals surface area contributed by atoms with Gasteiger partial charge in [-0.1, -0.05) is 31.2 Å². The number of hydrogen-bond donors (Lipinski definition) is 2. The Morgan fingerprint density at radius 1 is 1.09 bits per heavy atom. The van der Waals surface area contributed by atoms with E-state index in [0.29, 0.717) is 29.7 Å². The molecule has 1 aliphatic rings. The summed E-state index contributed by atoms with van der Waals surface area (Å²) in [5.74, 6) is -1.09. The Morgan fingerprint density at radius 3 is 2.55 bits per heavy atom. The topological polar surface area (TPSA) is 71.7 Å². The van der Waals surface area contributed by atoms with E-state index in [1.165, 1.54) is 12.1 Å². The number of rotatable bonds is 5. The number of carboxylic acids is 1. The molecule has 1 aliphatic heterocycles. The van der Waals surface area contributed by atoms with Gasteiger partial charge in [0, 0.05) is 34.9 Å². The number of carbonyl (C=O) groups is 1. The average Bonchev–Trinajstić information content (AvgIpc) is 3.46. The average molecular weight is 445 g/mol. The Balaban J connectivity index is 1.92. The number of aromatic nitrogens is 1. The summed E-state index contributed by atoms with van der Waals surface area (Å²) in [7, 11) is 0. The molecular formula is C27H24FNO4. The second-order valence-corrected chi connectivity index (χ2v) is 8.51. The standard InChI is InChI=1S/C27H24FNO4/c1-16(17-13-14-33-15-17)26-24(20-5-2-3-6-21(20)27(31)32)25-22(7-4-8-23(25)30)29(26)19-11-9-18(28)10-12-19/h2-12,16-17,30H,13-15H2,1H3,(H,31,32). The molecule has 168 valence electrons. The van der Waals surface area contributed by atoms with Gasteiger partial charge in [-0.2, -0.15) is 0 Å². The third kappa shape index (κ3) is 3.56. The van der Waals surface area contributed by atoms with Gasteiger partial charge in [-0.3, -0.25) is 0 Å². The first-order valence-electron chi connectivity index (χ1n) is 11.0. The van der Waals surface area contributed by atoms with Gasteiger partial charge < -0.3 is 19.5 Å². The van der Waals surface area contributed by atoms with Crippen molar-refractivity contribution >= 4 is 16.9 Å². The van der Waals surface area contributed by atoms with E-state index in [-0.39, 0.29) is 29.0 Å². The van der Waals surface area contributed by atoms with Crippen LogP contribution in [-0.2, 0) is 4.74 Å². The first-order valence-corrected chi connectivity index (χ1v) is 11.0. The van der Waals surface area contributed by atoms with Gasteiger partial charge in [0.1, 0.15) is 11.6 Å². The minimum absolute atomic E-state index is 0.0128. The molecule has 2 N–H and O–H groups in total. The highest BCUT2D eigenvalue weighted by molar-refractivity contribution is 6.07. The van der Waals surface area contributed by atoms with Crippen molar-refractivity contribution in [3.05, 3.63) is 83.8 Å². The molecular weight excluding hydrogens is 421 g/mol. The normalized spacial score (nSPS) is 16.8. The Labute approximate surface area is 190 Å². The Morgan fingerprint density at radius 2 is 1.85 bits per heavy atom. The molecule has 0 saturated carbocycles. The molecule has 2 unspecified atom stereocenters. The molecule has 0 amide bonds. The molecule has 0 radical (unpaired) electrons. The third-order valence-corrected chi connectivity index (χ3v) is 6.62. The molecule has 0 spiro atoms. The number of aromatic carboxylic acids is 1. The van der Waals surface area contributed by atoms with Gasteiger partial charge in [0.15, 0.2) is 0 Å². The number of phenols is 1. The highest BCUT2D eigenvalue weighted by Crippen LogP contribution is 2.47. The summed E-state index contributed by atoms with van der Waals surface area (Å²) in [6.07, 6.45) is 0.887. The van der Waals surface area contributed by atoms with Crippen LogP contribution in [0.2, 0.25) is 0 Å². The number of carboxylic acid groups (broad SMARTS) is 1. The van der Waals surface area contributed by atoms with Crippen LogP contribution in [0.1, 0.15) is 35.3 Å². The van der Waals surface area contributed by atoms with E-state index in [4.69, 9.17) is 4.74 Å². The summed E-state index contributed by atoms with van der Waals surface area (Å²) < 4.78 is 21.4. The van der Waals surface area contributed by atoms with E-state index < -0.39 is 5.97 Å². The van der Waals surface area contributed by atoms with Crippen LogP contribution in [0.3, 0.4) is 0 Å². The van der Waals surface area contributed by atoms with Gasteiger partial charge in [0.2, 0.25) is 0 Å². The van der Waals surface area contributed by atoms with Crippen molar-refractivity contribution in [1.82, 2.24) is 4.57 Å². The summed E-state index contributed by atoms with van der Waals surface area (Å²) in [4.78, 5) is 12.1. The molecule has 2 atom stereocenters. The van der Waals surface area contributed by atoms with Crippen molar-refractivity contribution in [2.75, 3.05) is 13.2 Å². The van der Waals surface area contributed by atoms with E-state index in [1.54, 1.807) is 48.5 Å². The van der Waals surface area contributed by atoms with Crippen LogP contribution >= 0.6 is 0 Å². The minimum atomic E-state index is -1.04. The number of nitrogens with zero attached hydrogens (tertiary/aromatic N) is 1. The van der Waals surface area contributed by atoms with Crippen LogP contribution in [0.25, 0.3) is 27.7 Å². The number of ether oxygens (including phenoxy) is 1. The fraction of sp³-hybridized carbons (Fsp3) is 0.222. The lowest BCUT2D eigenvalue weighted by molar-refractivity contribution is 0.0697. The first kappa shape index (κ1) is 21.2. The van der Waals surface area contributed by atoms with Crippen LogP contribution in [0.15, 0.2) is 66.7 Å². The molecule has 5 rings (SSSR count). The predicted octanol–water partition coefficient (Wildman–Crippen LogP) is 5.98. The number of phenolic OH excluding ortho intramolecular Hbond substituents is 1. The fourth-order valence-corrected chi connectivity index (χ4v) is 4.97. The summed E-state index contributed by atoms with van der Waals surface area (Å²) in [6, 6.07) is 18.3. The van der Waals surface area contributed by atoms with Gasteiger partial charge in [0.05, 0.1) is 17.7 Å². The van der Waals surface area contributed by atoms with E-state index in [1.807, 2.05) is 10.6 Å². The van der Waals surface area contributed by atoms with Gasteiger partial charge in [0.25, 0.3) is 0 Å². The molecule has 6 heteroatoms. The summed E-state index contributed by atoms with van der Waals surface area (Å²) in [5, 5.41) is 21.5. The van der Waals surface area contributed by atoms with Crippen molar-refractivity contribution in [2.45, 2.75) is 19.3 Å². The van der Waals surface area contributed by atoms with Crippen LogP contribution in [0, 0.1) is 11.7 Å². The number of benzene rings is 3. The Kier molecular flexibility index (Phi) is 5.38. The zero-order valence-corrected chi connectivity index (χ0v) is 18.2. The quantitative estimate of drug-likeness (QED) is 0.396. The molecule has 5 nitrogen and oxygen atoms in total. The number of hydrogen-bond acceptors (Lipinski definition) is 3. The van der Waals surface area contributed by atoms with Crippen LogP contribution in [-0.4, -0.2) is 34.0 Å². The molecule has 3 aromatic carbocycles. The minimum Gasteiger partial charge on any atom is -0.507 e. The van der Waals surface area contributed by atoms with Crippen molar-refractivity contribution in [3.8, 4) is 22.6 Å². The molecule has 2 heterocycles. The van der Waals surface area contributed by atoms with Gasteiger partial charge in [-0.25, -0.2) is 9.18 Å². The zero-order valence-electron chi connectivity index (χ0n) is 18.2. The fourth-order valence-electron chi connectivity index (χ4n) is 4.97. The van der Waals surface area contributed by atoms with Gasteiger partial charge >= 0.3 is 5.97 Å². The lowest BCUT2D eigenvalue weighted by Crippen LogP contribution is -2.15. The largest absolute Gasteiger partial charge is 0.507 e. The third-order valence-electron chi connectivity index (χ3n) is 6.62.